The average molecular weight is 638 g/mol. The lowest BCUT2D eigenvalue weighted by Crippen LogP contribution is -2.42. The molecule has 5 heterocycles. The van der Waals surface area contributed by atoms with Crippen LogP contribution in [0.25, 0.3) is 54.9 Å². The summed E-state index contributed by atoms with van der Waals surface area (Å²) in [5.74, 6) is -2.02. The van der Waals surface area contributed by atoms with E-state index in [9.17, 15) is 14.4 Å². The van der Waals surface area contributed by atoms with E-state index >= 15 is 8.78 Å². The fourth-order valence-electron chi connectivity index (χ4n) is 6.36. The van der Waals surface area contributed by atoms with Crippen LogP contribution in [0.1, 0.15) is 43.0 Å². The van der Waals surface area contributed by atoms with Crippen LogP contribution in [0.2, 0.25) is 0 Å². The minimum atomic E-state index is -1.03. The average Bonchev–Trinajstić information content (AvgIpc) is 3.73. The zero-order valence-electron chi connectivity index (χ0n) is 25.3. The van der Waals surface area contributed by atoms with Gasteiger partial charge in [0.2, 0.25) is 5.91 Å². The topological polar surface area (TPSA) is 92.6 Å². The van der Waals surface area contributed by atoms with E-state index < -0.39 is 17.5 Å². The Bertz CT molecular complexity index is 2310. The maximum atomic E-state index is 16.0. The van der Waals surface area contributed by atoms with Gasteiger partial charge < -0.3 is 9.47 Å². The van der Waals surface area contributed by atoms with Crippen LogP contribution in [-0.2, 0) is 11.8 Å². The number of thiophene rings is 1. The Morgan fingerprint density at radius 1 is 1.09 bits per heavy atom. The molecule has 0 N–H and O–H groups in total. The molecule has 4 aromatic heterocycles. The summed E-state index contributed by atoms with van der Waals surface area (Å²) in [5, 5.41) is 16.2. The van der Waals surface area contributed by atoms with Gasteiger partial charge in [-0.2, -0.15) is 10.4 Å². The van der Waals surface area contributed by atoms with Gasteiger partial charge in [-0.05, 0) is 51.1 Å². The Balaban J connectivity index is 1.57. The molecule has 1 amide bonds. The first-order valence-electron chi connectivity index (χ1n) is 14.5. The van der Waals surface area contributed by atoms with E-state index in [1.165, 1.54) is 11.5 Å². The van der Waals surface area contributed by atoms with Gasteiger partial charge in [0.1, 0.15) is 34.7 Å². The Morgan fingerprint density at radius 3 is 2.61 bits per heavy atom. The standard InChI is InChI=1S/C34H26F3N7OS/c1-6-28(45)43-14-16(2)44-27(17(43)3)12-25(41-44)33-31(29-20(13-38)9-21(35)11-22(29)36)30-23(37)15-46-34(30)32(40-33)19-7-8-26-24(10-19)39-18(4)42(26)5/h6-12,15-17H,1,14H2,2-5H3/t16-,17+/m0/s1. The number of carbonyl (C=O) groups excluding carboxylic acids is 1. The lowest BCUT2D eigenvalue weighted by molar-refractivity contribution is -0.129. The number of hydrogen-bond acceptors (Lipinski definition) is 6. The fraction of sp³-hybridized carbons (Fsp3) is 0.206. The number of imidazole rings is 1. The molecule has 8 nitrogen and oxygen atoms in total. The molecule has 1 aliphatic rings. The smallest absolute Gasteiger partial charge is 0.246 e. The van der Waals surface area contributed by atoms with Crippen molar-refractivity contribution < 1.29 is 18.0 Å². The van der Waals surface area contributed by atoms with Gasteiger partial charge in [-0.1, -0.05) is 12.6 Å². The molecule has 0 saturated heterocycles. The fourth-order valence-corrected chi connectivity index (χ4v) is 7.29. The number of nitrogens with zero attached hydrogens (tertiary/aromatic N) is 7. The van der Waals surface area contributed by atoms with Gasteiger partial charge in [0.15, 0.2) is 0 Å². The summed E-state index contributed by atoms with van der Waals surface area (Å²) in [6, 6.07) is 10.2. The van der Waals surface area contributed by atoms with Crippen LogP contribution in [-0.4, -0.2) is 41.7 Å². The summed E-state index contributed by atoms with van der Waals surface area (Å²) in [5.41, 5.74) is 3.20. The number of aromatic nitrogens is 5. The number of carbonyl (C=O) groups is 1. The Kier molecular flexibility index (Phi) is 6.82. The highest BCUT2D eigenvalue weighted by Crippen LogP contribution is 2.47. The second-order valence-corrected chi connectivity index (χ2v) is 12.3. The molecule has 1 aliphatic heterocycles. The van der Waals surface area contributed by atoms with Crippen molar-refractivity contribution in [1.29, 1.82) is 5.26 Å². The number of amides is 1. The number of rotatable bonds is 4. The van der Waals surface area contributed by atoms with Gasteiger partial charge in [-0.3, -0.25) is 9.48 Å². The highest BCUT2D eigenvalue weighted by Gasteiger charge is 2.34. The van der Waals surface area contributed by atoms with E-state index in [2.05, 4.69) is 11.6 Å². The molecule has 6 aromatic rings. The summed E-state index contributed by atoms with van der Waals surface area (Å²) in [6.07, 6.45) is 1.26. The van der Waals surface area contributed by atoms with Crippen LogP contribution in [0, 0.1) is 35.7 Å². The van der Waals surface area contributed by atoms with E-state index in [-0.39, 0.29) is 51.5 Å². The maximum Gasteiger partial charge on any atom is 0.246 e. The summed E-state index contributed by atoms with van der Waals surface area (Å²) >= 11 is 1.10. The molecular weight excluding hydrogens is 611 g/mol. The molecule has 0 unspecified atom stereocenters. The van der Waals surface area contributed by atoms with E-state index in [1.807, 2.05) is 56.7 Å². The molecule has 0 fully saturated rings. The predicted octanol–water partition coefficient (Wildman–Crippen LogP) is 7.63. The third kappa shape index (κ3) is 4.34. The minimum Gasteiger partial charge on any atom is -0.331 e. The molecule has 12 heteroatoms. The van der Waals surface area contributed by atoms with Gasteiger partial charge in [0.25, 0.3) is 0 Å². The number of fused-ring (bicyclic) bond motifs is 3. The monoisotopic (exact) mass is 637 g/mol. The normalized spacial score (nSPS) is 16.2. The quantitative estimate of drug-likeness (QED) is 0.185. The van der Waals surface area contributed by atoms with Crippen molar-refractivity contribution >= 4 is 38.4 Å². The van der Waals surface area contributed by atoms with Crippen molar-refractivity contribution in [3.63, 3.8) is 0 Å². The second-order valence-electron chi connectivity index (χ2n) is 11.4. The van der Waals surface area contributed by atoms with Crippen molar-refractivity contribution in [2.75, 3.05) is 6.54 Å². The molecule has 0 radical (unpaired) electrons. The first-order valence-corrected chi connectivity index (χ1v) is 15.4. The van der Waals surface area contributed by atoms with Gasteiger partial charge in [-0.15, -0.1) is 11.3 Å². The zero-order valence-corrected chi connectivity index (χ0v) is 26.1. The number of pyridine rings is 1. The summed E-state index contributed by atoms with van der Waals surface area (Å²) in [7, 11) is 1.92. The number of halogens is 3. The van der Waals surface area contributed by atoms with E-state index in [0.717, 1.165) is 34.3 Å². The molecule has 0 spiro atoms. The highest BCUT2D eigenvalue weighted by molar-refractivity contribution is 7.17. The first-order chi connectivity index (χ1) is 22.0. The van der Waals surface area contributed by atoms with Crippen molar-refractivity contribution in [2.24, 2.45) is 7.05 Å². The SMILES string of the molecule is C=CC(=O)N1C[C@H](C)n2nc(-c3nc(-c4ccc5c(c4)nc(C)n5C)c4scc(F)c4c3-c3c(F)cc(F)cc3C#N)cc2[C@H]1C. The minimum absolute atomic E-state index is 0.00362. The molecule has 0 bridgehead atoms. The number of nitriles is 1. The Labute approximate surface area is 265 Å². The van der Waals surface area contributed by atoms with Crippen LogP contribution in [0.3, 0.4) is 0 Å². The van der Waals surface area contributed by atoms with Crippen molar-refractivity contribution in [3.8, 4) is 39.8 Å². The predicted molar refractivity (Wildman–Crippen MR) is 170 cm³/mol. The van der Waals surface area contributed by atoms with Crippen molar-refractivity contribution in [2.45, 2.75) is 32.9 Å². The summed E-state index contributed by atoms with van der Waals surface area (Å²) in [6.45, 7) is 9.67. The molecule has 46 heavy (non-hydrogen) atoms. The Morgan fingerprint density at radius 2 is 1.87 bits per heavy atom. The molecular formula is C34H26F3N7OS. The largest absolute Gasteiger partial charge is 0.331 e. The van der Waals surface area contributed by atoms with E-state index in [0.29, 0.717) is 34.3 Å². The van der Waals surface area contributed by atoms with Gasteiger partial charge in [0, 0.05) is 47.1 Å². The molecule has 0 saturated carbocycles. The lowest BCUT2D eigenvalue weighted by atomic mass is 9.92. The van der Waals surface area contributed by atoms with Crippen molar-refractivity contribution in [3.05, 3.63) is 89.0 Å². The number of hydrogen-bond donors (Lipinski definition) is 0. The summed E-state index contributed by atoms with van der Waals surface area (Å²) < 4.78 is 50.3. The highest BCUT2D eigenvalue weighted by atomic mass is 32.1. The number of aryl methyl sites for hydroxylation is 2. The third-order valence-electron chi connectivity index (χ3n) is 8.71. The lowest BCUT2D eigenvalue weighted by Gasteiger charge is -2.36. The second kappa shape index (κ2) is 10.7. The van der Waals surface area contributed by atoms with Gasteiger partial charge in [-0.25, -0.2) is 23.1 Å². The van der Waals surface area contributed by atoms with Crippen LogP contribution in [0.5, 0.6) is 0 Å². The molecule has 2 aromatic carbocycles. The molecule has 2 atom stereocenters. The van der Waals surface area contributed by atoms with Crippen LogP contribution in [0.4, 0.5) is 13.2 Å². The maximum absolute atomic E-state index is 16.0. The van der Waals surface area contributed by atoms with Gasteiger partial charge >= 0.3 is 0 Å². The molecule has 7 rings (SSSR count). The van der Waals surface area contributed by atoms with Crippen molar-refractivity contribution in [1.82, 2.24) is 29.2 Å². The molecule has 0 aliphatic carbocycles. The Hall–Kier alpha value is -5.28. The third-order valence-corrected chi connectivity index (χ3v) is 9.67. The molecule has 230 valence electrons. The van der Waals surface area contributed by atoms with E-state index in [1.54, 1.807) is 15.6 Å². The summed E-state index contributed by atoms with van der Waals surface area (Å²) in [4.78, 5) is 24.0. The van der Waals surface area contributed by atoms with Crippen LogP contribution in [0.15, 0.2) is 54.4 Å². The van der Waals surface area contributed by atoms with Crippen LogP contribution >= 0.6 is 11.3 Å². The van der Waals surface area contributed by atoms with E-state index in [4.69, 9.17) is 10.1 Å². The first kappa shape index (κ1) is 29.4. The van der Waals surface area contributed by atoms with Crippen LogP contribution < -0.4 is 0 Å². The van der Waals surface area contributed by atoms with Gasteiger partial charge in [0.05, 0.1) is 50.8 Å². The zero-order chi connectivity index (χ0) is 32.6. The number of benzene rings is 2.